The molecule has 0 amide bonds. The minimum Gasteiger partial charge on any atom is -0.461 e. The van der Waals surface area contributed by atoms with Gasteiger partial charge in [-0.05, 0) is 52.2 Å². The quantitative estimate of drug-likeness (QED) is 0.264. The molecular weight excluding hydrogens is 512 g/mol. The molecule has 0 spiro atoms. The van der Waals surface area contributed by atoms with E-state index in [-0.39, 0.29) is 0 Å². The van der Waals surface area contributed by atoms with Gasteiger partial charge >= 0.3 is 5.97 Å². The number of carbonyl (C=O) groups excluding carboxylic acids is 1. The fraction of sp³-hybridized carbons (Fsp3) is 0.240. The monoisotopic (exact) mass is 534 g/mol. The number of fused-ring (bicyclic) bond motifs is 1. The van der Waals surface area contributed by atoms with E-state index in [1.807, 2.05) is 41.0 Å². The number of aromatic nitrogens is 6. The first kappa shape index (κ1) is 23.0. The minimum atomic E-state index is -0.401. The highest BCUT2D eigenvalue weighted by atomic mass is 79.9. The number of H-pyrrole nitrogens is 1. The third kappa shape index (κ3) is 4.49. The zero-order valence-electron chi connectivity index (χ0n) is 19.3. The van der Waals surface area contributed by atoms with E-state index in [2.05, 4.69) is 54.5 Å². The van der Waals surface area contributed by atoms with E-state index in [1.165, 1.54) is 0 Å². The molecule has 2 aromatic carbocycles. The molecule has 0 aliphatic carbocycles. The van der Waals surface area contributed by atoms with Gasteiger partial charge in [0.25, 0.3) is 0 Å². The van der Waals surface area contributed by atoms with Gasteiger partial charge in [0, 0.05) is 35.7 Å². The fourth-order valence-electron chi connectivity index (χ4n) is 4.05. The van der Waals surface area contributed by atoms with Gasteiger partial charge in [0.2, 0.25) is 5.82 Å². The second-order valence-corrected chi connectivity index (χ2v) is 8.79. The van der Waals surface area contributed by atoms with E-state index in [9.17, 15) is 4.79 Å². The number of imidazole rings is 1. The first-order chi connectivity index (χ1) is 17.1. The third-order valence-corrected chi connectivity index (χ3v) is 6.41. The summed E-state index contributed by atoms with van der Waals surface area (Å²) >= 11 is 3.75. The van der Waals surface area contributed by atoms with Crippen molar-refractivity contribution < 1.29 is 13.9 Å². The fourth-order valence-corrected chi connectivity index (χ4v) is 4.66. The highest BCUT2D eigenvalue weighted by Gasteiger charge is 2.20. The van der Waals surface area contributed by atoms with Crippen molar-refractivity contribution in [3.8, 4) is 22.7 Å². The largest absolute Gasteiger partial charge is 0.461 e. The lowest BCUT2D eigenvalue weighted by molar-refractivity contribution is 0.0520. The molecule has 0 radical (unpaired) electrons. The molecule has 3 aromatic heterocycles. The number of nitrogens with one attached hydrogen (secondary N) is 1. The molecule has 0 aliphatic heterocycles. The Morgan fingerprint density at radius 2 is 2.00 bits per heavy atom. The third-order valence-electron chi connectivity index (χ3n) is 5.62. The van der Waals surface area contributed by atoms with Gasteiger partial charge in [-0.25, -0.2) is 9.78 Å². The van der Waals surface area contributed by atoms with Gasteiger partial charge in [-0.1, -0.05) is 37.3 Å². The standard InChI is InChI=1S/C25H23BrN6O3/c1-3-7-21-27-19(25(33)34-4-2)14-32(21)13-15-10-11-20-18(12-15)22(26)23(35-20)16-8-5-6-9-17(16)24-28-30-31-29-24/h5-6,8-12,14H,3-4,7,13H2,1-2H3,(H,28,29,30,31). The van der Waals surface area contributed by atoms with Crippen molar-refractivity contribution in [2.45, 2.75) is 33.2 Å². The molecule has 5 rings (SSSR count). The van der Waals surface area contributed by atoms with Gasteiger partial charge in [-0.3, -0.25) is 0 Å². The first-order valence-electron chi connectivity index (χ1n) is 11.4. The van der Waals surface area contributed by atoms with E-state index in [0.29, 0.717) is 30.4 Å². The molecule has 0 saturated carbocycles. The van der Waals surface area contributed by atoms with Crippen LogP contribution in [0.15, 0.2) is 57.6 Å². The number of ether oxygens (including phenoxy) is 1. The Labute approximate surface area is 209 Å². The summed E-state index contributed by atoms with van der Waals surface area (Å²) in [5.74, 6) is 1.64. The van der Waals surface area contributed by atoms with Crippen LogP contribution >= 0.6 is 15.9 Å². The SMILES string of the molecule is CCCc1nc(C(=O)OCC)cn1Cc1ccc2oc(-c3ccccc3-c3nn[nH]n3)c(Br)c2c1. The lowest BCUT2D eigenvalue weighted by atomic mass is 10.0. The lowest BCUT2D eigenvalue weighted by Gasteiger charge is -2.07. The molecular formula is C25H23BrN6O3. The highest BCUT2D eigenvalue weighted by Crippen LogP contribution is 2.41. The molecule has 35 heavy (non-hydrogen) atoms. The van der Waals surface area contributed by atoms with Crippen LogP contribution in [0.1, 0.15) is 42.1 Å². The van der Waals surface area contributed by atoms with Gasteiger partial charge in [-0.15, -0.1) is 10.2 Å². The number of hydrogen-bond donors (Lipinski definition) is 1. The molecule has 1 N–H and O–H groups in total. The minimum absolute atomic E-state index is 0.318. The molecule has 178 valence electrons. The normalized spacial score (nSPS) is 11.3. The van der Waals surface area contributed by atoms with Crippen LogP contribution in [0.3, 0.4) is 0 Å². The van der Waals surface area contributed by atoms with E-state index in [0.717, 1.165) is 50.8 Å². The van der Waals surface area contributed by atoms with Gasteiger partial charge < -0.3 is 13.7 Å². The maximum absolute atomic E-state index is 12.2. The number of tetrazole rings is 1. The Kier molecular flexibility index (Phi) is 6.45. The predicted molar refractivity (Wildman–Crippen MR) is 134 cm³/mol. The zero-order valence-corrected chi connectivity index (χ0v) is 20.9. The van der Waals surface area contributed by atoms with Gasteiger partial charge in [-0.2, -0.15) is 5.21 Å². The Bertz CT molecular complexity index is 1490. The van der Waals surface area contributed by atoms with Crippen molar-refractivity contribution in [2.24, 2.45) is 0 Å². The Hall–Kier alpha value is -3.79. The number of esters is 1. The number of rotatable bonds is 8. The van der Waals surface area contributed by atoms with Crippen molar-refractivity contribution in [1.82, 2.24) is 30.2 Å². The predicted octanol–water partition coefficient (Wildman–Crippen LogP) is 5.42. The summed E-state index contributed by atoms with van der Waals surface area (Å²) in [4.78, 5) is 16.7. The average molecular weight is 535 g/mol. The van der Waals surface area contributed by atoms with Crippen LogP contribution in [0, 0.1) is 0 Å². The number of aromatic amines is 1. The van der Waals surface area contributed by atoms with E-state index < -0.39 is 5.97 Å². The lowest BCUT2D eigenvalue weighted by Crippen LogP contribution is -2.05. The summed E-state index contributed by atoms with van der Waals surface area (Å²) < 4.78 is 14.2. The van der Waals surface area contributed by atoms with Crippen molar-refractivity contribution in [3.63, 3.8) is 0 Å². The highest BCUT2D eigenvalue weighted by molar-refractivity contribution is 9.10. The molecule has 0 bridgehead atoms. The van der Waals surface area contributed by atoms with Gasteiger partial charge in [0.1, 0.15) is 17.2 Å². The van der Waals surface area contributed by atoms with Crippen molar-refractivity contribution >= 4 is 32.9 Å². The van der Waals surface area contributed by atoms with Crippen molar-refractivity contribution in [3.05, 3.63) is 70.2 Å². The first-order valence-corrected chi connectivity index (χ1v) is 12.2. The molecule has 0 saturated heterocycles. The molecule has 10 heteroatoms. The maximum Gasteiger partial charge on any atom is 0.358 e. The van der Waals surface area contributed by atoms with Crippen LogP contribution in [0.25, 0.3) is 33.7 Å². The van der Waals surface area contributed by atoms with Gasteiger partial charge in [0.05, 0.1) is 11.1 Å². The smallest absolute Gasteiger partial charge is 0.358 e. The number of carbonyl (C=O) groups is 1. The van der Waals surface area contributed by atoms with E-state index in [4.69, 9.17) is 9.15 Å². The Morgan fingerprint density at radius 3 is 2.74 bits per heavy atom. The van der Waals surface area contributed by atoms with Crippen LogP contribution in [0.4, 0.5) is 0 Å². The maximum atomic E-state index is 12.2. The summed E-state index contributed by atoms with van der Waals surface area (Å²) in [6.45, 7) is 4.77. The summed E-state index contributed by atoms with van der Waals surface area (Å²) in [5.41, 5.74) is 3.82. The van der Waals surface area contributed by atoms with E-state index in [1.54, 1.807) is 13.1 Å². The number of halogens is 1. The van der Waals surface area contributed by atoms with Crippen molar-refractivity contribution in [1.29, 1.82) is 0 Å². The van der Waals surface area contributed by atoms with Crippen LogP contribution in [0.5, 0.6) is 0 Å². The number of benzene rings is 2. The number of hydrogen-bond acceptors (Lipinski definition) is 7. The topological polar surface area (TPSA) is 112 Å². The molecule has 0 atom stereocenters. The van der Waals surface area contributed by atoms with Crippen molar-refractivity contribution in [2.75, 3.05) is 6.61 Å². The molecule has 3 heterocycles. The molecule has 5 aromatic rings. The molecule has 0 aliphatic rings. The number of aryl methyl sites for hydroxylation is 1. The second-order valence-electron chi connectivity index (χ2n) is 8.00. The molecule has 9 nitrogen and oxygen atoms in total. The number of furan rings is 1. The summed E-state index contributed by atoms with van der Waals surface area (Å²) in [7, 11) is 0. The molecule has 0 fully saturated rings. The zero-order chi connectivity index (χ0) is 24.4. The Morgan fingerprint density at radius 1 is 1.17 bits per heavy atom. The van der Waals surface area contributed by atoms with Crippen LogP contribution in [0.2, 0.25) is 0 Å². The Balaban J connectivity index is 1.51. The number of nitrogens with zero attached hydrogens (tertiary/aromatic N) is 5. The van der Waals surface area contributed by atoms with Crippen LogP contribution in [-0.4, -0.2) is 42.8 Å². The van der Waals surface area contributed by atoms with Gasteiger partial charge in [0.15, 0.2) is 5.69 Å². The summed E-state index contributed by atoms with van der Waals surface area (Å²) in [5, 5.41) is 15.4. The van der Waals surface area contributed by atoms with Crippen LogP contribution < -0.4 is 0 Å². The summed E-state index contributed by atoms with van der Waals surface area (Å²) in [6, 6.07) is 13.8. The summed E-state index contributed by atoms with van der Waals surface area (Å²) in [6.07, 6.45) is 3.47. The van der Waals surface area contributed by atoms with Crippen LogP contribution in [-0.2, 0) is 17.7 Å². The second kappa shape index (κ2) is 9.83. The molecule has 0 unspecified atom stereocenters. The average Bonchev–Trinajstić information content (AvgIpc) is 3.60. The van der Waals surface area contributed by atoms with E-state index >= 15 is 0 Å².